The number of carbonyl (C=O) groups is 1. The van der Waals surface area contributed by atoms with E-state index in [1.54, 1.807) is 7.05 Å². The first kappa shape index (κ1) is 23.1. The molecule has 2 N–H and O–H groups in total. The Balaban J connectivity index is 1.31. The van der Waals surface area contributed by atoms with E-state index in [1.165, 1.54) is 24.8 Å². The van der Waals surface area contributed by atoms with Crippen LogP contribution >= 0.6 is 0 Å². The molecule has 0 radical (unpaired) electrons. The van der Waals surface area contributed by atoms with Crippen molar-refractivity contribution >= 4 is 11.9 Å². The first-order chi connectivity index (χ1) is 16.1. The van der Waals surface area contributed by atoms with Crippen LogP contribution in [0, 0.1) is 12.8 Å². The third-order valence-electron chi connectivity index (χ3n) is 6.34. The van der Waals surface area contributed by atoms with Crippen molar-refractivity contribution in [1.29, 1.82) is 0 Å². The summed E-state index contributed by atoms with van der Waals surface area (Å²) < 4.78 is 6.09. The van der Waals surface area contributed by atoms with Crippen LogP contribution in [0.4, 0.5) is 0 Å². The van der Waals surface area contributed by atoms with E-state index in [4.69, 9.17) is 4.74 Å². The maximum absolute atomic E-state index is 12.8. The Bertz CT molecular complexity index is 978. The number of benzene rings is 2. The maximum Gasteiger partial charge on any atom is 0.253 e. The zero-order valence-electron chi connectivity index (χ0n) is 19.9. The lowest BCUT2D eigenvalue weighted by Gasteiger charge is -2.26. The van der Waals surface area contributed by atoms with E-state index in [-0.39, 0.29) is 5.91 Å². The third kappa shape index (κ3) is 6.73. The second kappa shape index (κ2) is 11.2. The van der Waals surface area contributed by atoms with Crippen LogP contribution in [-0.2, 0) is 13.1 Å². The van der Waals surface area contributed by atoms with Crippen LogP contribution in [-0.4, -0.2) is 43.5 Å². The Kier molecular flexibility index (Phi) is 7.87. The molecule has 2 fully saturated rings. The molecule has 6 heteroatoms. The van der Waals surface area contributed by atoms with Crippen molar-refractivity contribution in [3.63, 3.8) is 0 Å². The molecule has 1 saturated heterocycles. The number of carbonyl (C=O) groups excluding carboxylic acids is 1. The number of guanidine groups is 1. The number of nitrogens with zero attached hydrogens (tertiary/aromatic N) is 2. The van der Waals surface area contributed by atoms with Gasteiger partial charge in [0.25, 0.3) is 5.91 Å². The highest BCUT2D eigenvalue weighted by molar-refractivity contribution is 5.94. The smallest absolute Gasteiger partial charge is 0.253 e. The molecule has 1 amide bonds. The van der Waals surface area contributed by atoms with Gasteiger partial charge in [-0.25, -0.2) is 0 Å². The van der Waals surface area contributed by atoms with E-state index in [0.717, 1.165) is 66.9 Å². The monoisotopic (exact) mass is 448 g/mol. The molecule has 1 aliphatic carbocycles. The summed E-state index contributed by atoms with van der Waals surface area (Å²) in [6.07, 6.45) is 5.98. The summed E-state index contributed by atoms with van der Waals surface area (Å²) in [6, 6.07) is 14.2. The Morgan fingerprint density at radius 2 is 1.85 bits per heavy atom. The van der Waals surface area contributed by atoms with Crippen molar-refractivity contribution in [1.82, 2.24) is 15.5 Å². The van der Waals surface area contributed by atoms with Crippen LogP contribution in [0.3, 0.4) is 0 Å². The van der Waals surface area contributed by atoms with Crippen LogP contribution in [0.15, 0.2) is 47.5 Å². The molecule has 176 valence electrons. The third-order valence-corrected chi connectivity index (χ3v) is 6.34. The quantitative estimate of drug-likeness (QED) is 0.467. The maximum atomic E-state index is 12.8. The van der Waals surface area contributed by atoms with Crippen molar-refractivity contribution in [3.8, 4) is 5.75 Å². The molecule has 0 spiro atoms. The van der Waals surface area contributed by atoms with E-state index in [2.05, 4.69) is 40.7 Å². The largest absolute Gasteiger partial charge is 0.493 e. The minimum Gasteiger partial charge on any atom is -0.493 e. The minimum absolute atomic E-state index is 0.136. The van der Waals surface area contributed by atoms with Gasteiger partial charge < -0.3 is 20.3 Å². The van der Waals surface area contributed by atoms with Crippen molar-refractivity contribution < 1.29 is 9.53 Å². The number of aryl methyl sites for hydroxylation is 1. The number of hydrogen-bond donors (Lipinski definition) is 2. The number of piperidine rings is 1. The van der Waals surface area contributed by atoms with Gasteiger partial charge in [-0.05, 0) is 74.3 Å². The minimum atomic E-state index is 0.136. The number of aliphatic imine (C=N–C) groups is 1. The van der Waals surface area contributed by atoms with Gasteiger partial charge in [-0.15, -0.1) is 0 Å². The zero-order chi connectivity index (χ0) is 23.0. The average Bonchev–Trinajstić information content (AvgIpc) is 3.68. The summed E-state index contributed by atoms with van der Waals surface area (Å²) in [5.41, 5.74) is 4.14. The molecule has 0 atom stereocenters. The van der Waals surface area contributed by atoms with Crippen molar-refractivity contribution in [3.05, 3.63) is 64.7 Å². The molecule has 6 nitrogen and oxygen atoms in total. The van der Waals surface area contributed by atoms with E-state index >= 15 is 0 Å². The lowest BCUT2D eigenvalue weighted by molar-refractivity contribution is 0.0724. The fraction of sp³-hybridized carbons (Fsp3) is 0.481. The van der Waals surface area contributed by atoms with Crippen molar-refractivity contribution in [2.24, 2.45) is 10.9 Å². The van der Waals surface area contributed by atoms with Crippen LogP contribution in [0.2, 0.25) is 0 Å². The number of rotatable bonds is 8. The van der Waals surface area contributed by atoms with Crippen molar-refractivity contribution in [2.45, 2.75) is 52.1 Å². The highest BCUT2D eigenvalue weighted by Gasteiger charge is 2.22. The van der Waals surface area contributed by atoms with E-state index in [0.29, 0.717) is 13.1 Å². The molecule has 0 unspecified atom stereocenters. The van der Waals surface area contributed by atoms with Crippen LogP contribution in [0.25, 0.3) is 0 Å². The predicted molar refractivity (Wildman–Crippen MR) is 133 cm³/mol. The first-order valence-electron chi connectivity index (χ1n) is 12.2. The van der Waals surface area contributed by atoms with E-state index in [9.17, 15) is 4.79 Å². The summed E-state index contributed by atoms with van der Waals surface area (Å²) in [5, 5.41) is 6.76. The SMILES string of the molecule is CN=C(NCc1cccc(C(=O)N2CCCCC2)c1)NCc1ccc(C)cc1OCC1CC1. The van der Waals surface area contributed by atoms with Gasteiger partial charge in [-0.3, -0.25) is 9.79 Å². The van der Waals surface area contributed by atoms with Crippen LogP contribution < -0.4 is 15.4 Å². The van der Waals surface area contributed by atoms with E-state index in [1.807, 2.05) is 29.2 Å². The summed E-state index contributed by atoms with van der Waals surface area (Å²) in [7, 11) is 1.77. The molecule has 2 aliphatic rings. The number of hydrogen-bond acceptors (Lipinski definition) is 3. The van der Waals surface area contributed by atoms with Gasteiger partial charge in [-0.1, -0.05) is 24.3 Å². The Labute approximate surface area is 197 Å². The summed E-state index contributed by atoms with van der Waals surface area (Å²) in [4.78, 5) is 19.2. The van der Waals surface area contributed by atoms with Gasteiger partial charge in [-0.2, -0.15) is 0 Å². The molecule has 4 rings (SSSR count). The molecule has 0 aromatic heterocycles. The zero-order valence-corrected chi connectivity index (χ0v) is 19.9. The molecular weight excluding hydrogens is 412 g/mol. The number of likely N-dealkylation sites (tertiary alicyclic amines) is 1. The van der Waals surface area contributed by atoms with Gasteiger partial charge >= 0.3 is 0 Å². The lowest BCUT2D eigenvalue weighted by Crippen LogP contribution is -2.37. The van der Waals surface area contributed by atoms with Crippen molar-refractivity contribution in [2.75, 3.05) is 26.7 Å². The van der Waals surface area contributed by atoms with Gasteiger partial charge in [0, 0.05) is 44.4 Å². The topological polar surface area (TPSA) is 66.0 Å². The Morgan fingerprint density at radius 1 is 1.06 bits per heavy atom. The summed E-state index contributed by atoms with van der Waals surface area (Å²) in [6.45, 7) is 5.85. The van der Waals surface area contributed by atoms with E-state index < -0.39 is 0 Å². The first-order valence-corrected chi connectivity index (χ1v) is 12.2. The number of amides is 1. The van der Waals surface area contributed by atoms with Gasteiger partial charge in [0.1, 0.15) is 5.75 Å². The summed E-state index contributed by atoms with van der Waals surface area (Å²) >= 11 is 0. The lowest BCUT2D eigenvalue weighted by atomic mass is 10.1. The Morgan fingerprint density at radius 3 is 2.61 bits per heavy atom. The van der Waals surface area contributed by atoms with Gasteiger partial charge in [0.05, 0.1) is 6.61 Å². The second-order valence-corrected chi connectivity index (χ2v) is 9.20. The highest BCUT2D eigenvalue weighted by Crippen LogP contribution is 2.30. The fourth-order valence-electron chi connectivity index (χ4n) is 4.11. The molecular formula is C27H36N4O2. The fourth-order valence-corrected chi connectivity index (χ4v) is 4.11. The Hall–Kier alpha value is -3.02. The standard InChI is InChI=1S/C27H36N4O2/c1-20-9-12-24(25(15-20)33-19-21-10-11-21)18-30-27(28-2)29-17-22-7-6-8-23(16-22)26(32)31-13-4-3-5-14-31/h6-9,12,15-16,21H,3-5,10-11,13-14,17-19H2,1-2H3,(H2,28,29,30). The molecule has 1 aliphatic heterocycles. The molecule has 1 heterocycles. The average molecular weight is 449 g/mol. The molecule has 2 aromatic carbocycles. The molecule has 0 bridgehead atoms. The van der Waals surface area contributed by atoms with Crippen LogP contribution in [0.1, 0.15) is 59.2 Å². The van der Waals surface area contributed by atoms with Crippen LogP contribution in [0.5, 0.6) is 5.75 Å². The molecule has 2 aromatic rings. The molecule has 1 saturated carbocycles. The second-order valence-electron chi connectivity index (χ2n) is 9.20. The molecule has 33 heavy (non-hydrogen) atoms. The predicted octanol–water partition coefficient (Wildman–Crippen LogP) is 4.28. The summed E-state index contributed by atoms with van der Waals surface area (Å²) in [5.74, 6) is 2.53. The van der Waals surface area contributed by atoms with Gasteiger partial charge in [0.15, 0.2) is 5.96 Å². The van der Waals surface area contributed by atoms with Gasteiger partial charge in [0.2, 0.25) is 0 Å². The number of ether oxygens (including phenoxy) is 1. The highest BCUT2D eigenvalue weighted by atomic mass is 16.5. The number of nitrogens with one attached hydrogen (secondary N) is 2. The normalized spacial score (nSPS) is 16.4.